The van der Waals surface area contributed by atoms with E-state index in [1.165, 1.54) is 16.2 Å². The highest BCUT2D eigenvalue weighted by Crippen LogP contribution is 2.14. The van der Waals surface area contributed by atoms with Gasteiger partial charge in [-0.15, -0.1) is 11.3 Å². The molecule has 0 saturated carbocycles. The molecule has 0 saturated heterocycles. The van der Waals surface area contributed by atoms with Gasteiger partial charge in [-0.25, -0.2) is 9.78 Å². The molecule has 2 amide bonds. The number of aromatic nitrogens is 2. The van der Waals surface area contributed by atoms with E-state index in [-0.39, 0.29) is 18.1 Å². The van der Waals surface area contributed by atoms with Crippen LogP contribution in [0.5, 0.6) is 0 Å². The first kappa shape index (κ1) is 14.3. The molecule has 3 aromatic rings. The summed E-state index contributed by atoms with van der Waals surface area (Å²) < 4.78 is 5.74. The van der Waals surface area contributed by atoms with Crippen LogP contribution in [0.15, 0.2) is 39.1 Å². The van der Waals surface area contributed by atoms with Crippen LogP contribution < -0.4 is 10.9 Å². The molecule has 3 heterocycles. The monoisotopic (exact) mass is 318 g/mol. The Hall–Kier alpha value is -2.61. The van der Waals surface area contributed by atoms with Crippen molar-refractivity contribution in [2.75, 3.05) is 7.05 Å². The van der Waals surface area contributed by atoms with Crippen molar-refractivity contribution in [2.45, 2.75) is 13.1 Å². The van der Waals surface area contributed by atoms with Crippen LogP contribution in [0.25, 0.3) is 10.2 Å². The van der Waals surface area contributed by atoms with Gasteiger partial charge in [-0.1, -0.05) is 0 Å². The zero-order valence-electron chi connectivity index (χ0n) is 11.8. The largest absolute Gasteiger partial charge is 0.467 e. The molecule has 8 heteroatoms. The molecule has 7 nitrogen and oxygen atoms in total. The number of fused-ring (bicyclic) bond motifs is 1. The third kappa shape index (κ3) is 3.01. The first-order chi connectivity index (χ1) is 10.6. The predicted molar refractivity (Wildman–Crippen MR) is 82.7 cm³/mol. The van der Waals surface area contributed by atoms with Crippen molar-refractivity contribution in [1.82, 2.24) is 20.2 Å². The number of nitrogens with one attached hydrogen (secondary N) is 2. The number of aromatic amines is 1. The normalized spacial score (nSPS) is 10.8. The Kier molecular flexibility index (Phi) is 3.92. The summed E-state index contributed by atoms with van der Waals surface area (Å²) in [5, 5.41) is 4.54. The number of thiophene rings is 1. The first-order valence-electron chi connectivity index (χ1n) is 6.61. The lowest BCUT2D eigenvalue weighted by Gasteiger charge is -2.16. The first-order valence-corrected chi connectivity index (χ1v) is 7.49. The average Bonchev–Trinajstić information content (AvgIpc) is 3.15. The standard InChI is InChI=1S/C14H14N4O3S/c1-18(14(20)15-7-9-3-2-5-21-9)8-11-16-10-4-6-22-12(10)13(19)17-11/h2-6H,7-8H2,1H3,(H,15,20)(H,16,17,19). The number of amides is 2. The lowest BCUT2D eigenvalue weighted by Crippen LogP contribution is -2.37. The van der Waals surface area contributed by atoms with Gasteiger partial charge in [-0.3, -0.25) is 4.79 Å². The van der Waals surface area contributed by atoms with E-state index in [1.807, 2.05) is 5.38 Å². The zero-order chi connectivity index (χ0) is 15.5. The highest BCUT2D eigenvalue weighted by Gasteiger charge is 2.12. The van der Waals surface area contributed by atoms with Crippen LogP contribution in [0.3, 0.4) is 0 Å². The lowest BCUT2D eigenvalue weighted by atomic mass is 10.4. The minimum Gasteiger partial charge on any atom is -0.467 e. The number of hydrogen-bond donors (Lipinski definition) is 2. The molecule has 0 unspecified atom stereocenters. The third-order valence-electron chi connectivity index (χ3n) is 3.09. The SMILES string of the molecule is CN(Cc1nc2ccsc2c(=O)[nH]1)C(=O)NCc1ccco1. The minimum absolute atomic E-state index is 0.181. The van der Waals surface area contributed by atoms with Crippen LogP contribution in [-0.4, -0.2) is 27.9 Å². The summed E-state index contributed by atoms with van der Waals surface area (Å²) in [6, 6.07) is 5.06. The summed E-state index contributed by atoms with van der Waals surface area (Å²) in [6.07, 6.45) is 1.55. The third-order valence-corrected chi connectivity index (χ3v) is 3.99. The fraction of sp³-hybridized carbons (Fsp3) is 0.214. The number of hydrogen-bond acceptors (Lipinski definition) is 5. The Morgan fingerprint density at radius 2 is 2.36 bits per heavy atom. The smallest absolute Gasteiger partial charge is 0.317 e. The number of furan rings is 1. The topological polar surface area (TPSA) is 91.2 Å². The quantitative estimate of drug-likeness (QED) is 0.769. The Bertz CT molecular complexity index is 837. The van der Waals surface area contributed by atoms with Crippen molar-refractivity contribution < 1.29 is 9.21 Å². The fourth-order valence-corrected chi connectivity index (χ4v) is 2.73. The van der Waals surface area contributed by atoms with E-state index in [1.54, 1.807) is 31.5 Å². The number of carbonyl (C=O) groups is 1. The molecule has 0 aromatic carbocycles. The predicted octanol–water partition coefficient (Wildman–Crippen LogP) is 1.92. The average molecular weight is 318 g/mol. The molecule has 2 N–H and O–H groups in total. The van der Waals surface area contributed by atoms with Gasteiger partial charge in [0.1, 0.15) is 16.3 Å². The van der Waals surface area contributed by atoms with Crippen molar-refractivity contribution in [3.8, 4) is 0 Å². The van der Waals surface area contributed by atoms with Crippen molar-refractivity contribution in [3.63, 3.8) is 0 Å². The van der Waals surface area contributed by atoms with E-state index in [9.17, 15) is 9.59 Å². The van der Waals surface area contributed by atoms with Crippen molar-refractivity contribution >= 4 is 27.6 Å². The summed E-state index contributed by atoms with van der Waals surface area (Å²) in [7, 11) is 1.63. The number of carbonyl (C=O) groups excluding carboxylic acids is 1. The molecular formula is C14H14N4O3S. The molecule has 0 radical (unpaired) electrons. The number of H-pyrrole nitrogens is 1. The summed E-state index contributed by atoms with van der Waals surface area (Å²) >= 11 is 1.34. The second kappa shape index (κ2) is 6.02. The van der Waals surface area contributed by atoms with Crippen molar-refractivity contribution in [1.29, 1.82) is 0 Å². The Balaban J connectivity index is 1.65. The van der Waals surface area contributed by atoms with E-state index in [2.05, 4.69) is 15.3 Å². The molecule has 22 heavy (non-hydrogen) atoms. The van der Waals surface area contributed by atoms with Gasteiger partial charge in [0, 0.05) is 7.05 Å². The van der Waals surface area contributed by atoms with Crippen LogP contribution in [0.2, 0.25) is 0 Å². The van der Waals surface area contributed by atoms with E-state index in [4.69, 9.17) is 4.42 Å². The minimum atomic E-state index is -0.274. The Labute approximate surface area is 129 Å². The van der Waals surface area contributed by atoms with Crippen LogP contribution in [-0.2, 0) is 13.1 Å². The fourth-order valence-electron chi connectivity index (χ4n) is 2.00. The van der Waals surface area contributed by atoms with Crippen molar-refractivity contribution in [2.24, 2.45) is 0 Å². The van der Waals surface area contributed by atoms with Gasteiger partial charge in [0.25, 0.3) is 5.56 Å². The maximum atomic E-state index is 12.0. The molecule has 0 aliphatic rings. The van der Waals surface area contributed by atoms with E-state index < -0.39 is 0 Å². The maximum Gasteiger partial charge on any atom is 0.317 e. The van der Waals surface area contributed by atoms with Gasteiger partial charge >= 0.3 is 6.03 Å². The van der Waals surface area contributed by atoms with Crippen LogP contribution >= 0.6 is 11.3 Å². The highest BCUT2D eigenvalue weighted by molar-refractivity contribution is 7.17. The number of rotatable bonds is 4. The summed E-state index contributed by atoms with van der Waals surface area (Å²) in [6.45, 7) is 0.523. The van der Waals surface area contributed by atoms with Gasteiger partial charge in [0.15, 0.2) is 0 Å². The lowest BCUT2D eigenvalue weighted by molar-refractivity contribution is 0.204. The molecule has 0 bridgehead atoms. The molecule has 114 valence electrons. The van der Waals surface area contributed by atoms with Gasteiger partial charge in [-0.2, -0.15) is 0 Å². The van der Waals surface area contributed by atoms with Gasteiger partial charge in [-0.05, 0) is 23.6 Å². The van der Waals surface area contributed by atoms with Gasteiger partial charge < -0.3 is 19.6 Å². The summed E-state index contributed by atoms with van der Waals surface area (Å²) in [5.74, 6) is 1.12. The Morgan fingerprint density at radius 1 is 1.50 bits per heavy atom. The van der Waals surface area contributed by atoms with E-state index >= 15 is 0 Å². The van der Waals surface area contributed by atoms with Crippen LogP contribution in [0.4, 0.5) is 4.79 Å². The highest BCUT2D eigenvalue weighted by atomic mass is 32.1. The number of urea groups is 1. The van der Waals surface area contributed by atoms with Gasteiger partial charge in [0.05, 0.1) is 24.9 Å². The van der Waals surface area contributed by atoms with Crippen LogP contribution in [0.1, 0.15) is 11.6 Å². The molecule has 0 spiro atoms. The zero-order valence-corrected chi connectivity index (χ0v) is 12.6. The number of nitrogens with zero attached hydrogens (tertiary/aromatic N) is 2. The molecule has 0 atom stereocenters. The second-order valence-corrected chi connectivity index (χ2v) is 5.66. The molecule has 0 aliphatic carbocycles. The summed E-state index contributed by atoms with van der Waals surface area (Å²) in [4.78, 5) is 32.4. The van der Waals surface area contributed by atoms with E-state index in [0.29, 0.717) is 28.3 Å². The molecule has 0 fully saturated rings. The maximum absolute atomic E-state index is 12.0. The van der Waals surface area contributed by atoms with Gasteiger partial charge in [0.2, 0.25) is 0 Å². The molecule has 0 aliphatic heterocycles. The molecule has 3 rings (SSSR count). The Morgan fingerprint density at radius 3 is 3.14 bits per heavy atom. The van der Waals surface area contributed by atoms with E-state index in [0.717, 1.165) is 0 Å². The van der Waals surface area contributed by atoms with Crippen molar-refractivity contribution in [3.05, 3.63) is 51.8 Å². The molecular weight excluding hydrogens is 304 g/mol. The summed E-state index contributed by atoms with van der Waals surface area (Å²) in [5.41, 5.74) is 0.465. The van der Waals surface area contributed by atoms with Crippen LogP contribution in [0, 0.1) is 0 Å². The molecule has 3 aromatic heterocycles. The second-order valence-electron chi connectivity index (χ2n) is 4.74.